The van der Waals surface area contributed by atoms with Gasteiger partial charge in [-0.1, -0.05) is 23.7 Å². The average molecular weight is 228 g/mol. The molecule has 82 valence electrons. The molecule has 15 heavy (non-hydrogen) atoms. The van der Waals surface area contributed by atoms with Gasteiger partial charge in [0, 0.05) is 5.02 Å². The van der Waals surface area contributed by atoms with Crippen molar-refractivity contribution >= 4 is 17.7 Å². The van der Waals surface area contributed by atoms with Crippen LogP contribution < -0.4 is 5.32 Å². The zero-order valence-corrected chi connectivity index (χ0v) is 9.54. The number of hydrogen-bond acceptors (Lipinski definition) is 2. The fraction of sp³-hybridized carbons (Fsp3) is 0.364. The standard InChI is InChI=1S/C11H14ClNO2/c1-3-15-11(14)13-8(2)9-5-4-6-10(12)7-9/h4-8H,3H2,1-2H3,(H,13,14)/t8-/m1/s1. The first-order valence-corrected chi connectivity index (χ1v) is 5.20. The summed E-state index contributed by atoms with van der Waals surface area (Å²) in [5, 5.41) is 3.36. The van der Waals surface area contributed by atoms with Gasteiger partial charge in [0.1, 0.15) is 0 Å². The van der Waals surface area contributed by atoms with E-state index in [-0.39, 0.29) is 6.04 Å². The molecule has 0 bridgehead atoms. The number of benzene rings is 1. The molecule has 0 aromatic heterocycles. The van der Waals surface area contributed by atoms with Crippen molar-refractivity contribution in [1.29, 1.82) is 0 Å². The Kier molecular flexibility index (Phi) is 4.43. The van der Waals surface area contributed by atoms with Crippen LogP contribution in [0.1, 0.15) is 25.5 Å². The third-order valence-corrected chi connectivity index (χ3v) is 2.19. The van der Waals surface area contributed by atoms with Gasteiger partial charge in [0.25, 0.3) is 0 Å². The predicted octanol–water partition coefficient (Wildman–Crippen LogP) is 3.15. The topological polar surface area (TPSA) is 38.3 Å². The Balaban J connectivity index is 2.60. The van der Waals surface area contributed by atoms with Crippen molar-refractivity contribution in [3.63, 3.8) is 0 Å². The Morgan fingerprint density at radius 2 is 2.33 bits per heavy atom. The maximum atomic E-state index is 11.1. The fourth-order valence-corrected chi connectivity index (χ4v) is 1.41. The second kappa shape index (κ2) is 5.61. The zero-order valence-electron chi connectivity index (χ0n) is 8.79. The van der Waals surface area contributed by atoms with Crippen molar-refractivity contribution in [2.75, 3.05) is 6.61 Å². The van der Waals surface area contributed by atoms with Crippen LogP contribution in [0.5, 0.6) is 0 Å². The summed E-state index contributed by atoms with van der Waals surface area (Å²) in [5.74, 6) is 0. The Morgan fingerprint density at radius 1 is 1.60 bits per heavy atom. The number of nitrogens with one attached hydrogen (secondary N) is 1. The summed E-state index contributed by atoms with van der Waals surface area (Å²) in [7, 11) is 0. The number of ether oxygens (including phenoxy) is 1. The lowest BCUT2D eigenvalue weighted by molar-refractivity contribution is 0.149. The molecular weight excluding hydrogens is 214 g/mol. The summed E-state index contributed by atoms with van der Waals surface area (Å²) >= 11 is 5.84. The number of carbonyl (C=O) groups is 1. The summed E-state index contributed by atoms with van der Waals surface area (Å²) in [4.78, 5) is 11.1. The second-order valence-electron chi connectivity index (χ2n) is 3.14. The number of alkyl carbamates (subject to hydrolysis) is 1. The minimum atomic E-state index is -0.412. The highest BCUT2D eigenvalue weighted by atomic mass is 35.5. The van der Waals surface area contributed by atoms with Crippen molar-refractivity contribution in [1.82, 2.24) is 5.32 Å². The number of halogens is 1. The molecule has 0 heterocycles. The van der Waals surface area contributed by atoms with Gasteiger partial charge >= 0.3 is 6.09 Å². The van der Waals surface area contributed by atoms with Crippen LogP contribution in [0.3, 0.4) is 0 Å². The molecule has 0 saturated carbocycles. The first kappa shape index (κ1) is 11.9. The lowest BCUT2D eigenvalue weighted by Gasteiger charge is -2.13. The number of amides is 1. The van der Waals surface area contributed by atoms with Crippen LogP contribution >= 0.6 is 11.6 Å². The van der Waals surface area contributed by atoms with Gasteiger partial charge in [-0.3, -0.25) is 0 Å². The molecule has 1 N–H and O–H groups in total. The van der Waals surface area contributed by atoms with E-state index in [0.717, 1.165) is 5.56 Å². The van der Waals surface area contributed by atoms with Gasteiger partial charge < -0.3 is 10.1 Å². The molecule has 1 aromatic rings. The van der Waals surface area contributed by atoms with Crippen LogP contribution in [0.2, 0.25) is 5.02 Å². The fourth-order valence-electron chi connectivity index (χ4n) is 1.21. The SMILES string of the molecule is CCOC(=O)N[C@H](C)c1cccc(Cl)c1. The van der Waals surface area contributed by atoms with Gasteiger partial charge in [-0.05, 0) is 31.5 Å². The van der Waals surface area contributed by atoms with Crippen LogP contribution in [0, 0.1) is 0 Å². The lowest BCUT2D eigenvalue weighted by Crippen LogP contribution is -2.27. The van der Waals surface area contributed by atoms with E-state index in [1.165, 1.54) is 0 Å². The smallest absolute Gasteiger partial charge is 0.407 e. The third-order valence-electron chi connectivity index (χ3n) is 1.96. The van der Waals surface area contributed by atoms with Gasteiger partial charge in [0.05, 0.1) is 12.6 Å². The van der Waals surface area contributed by atoms with E-state index < -0.39 is 6.09 Å². The number of carbonyl (C=O) groups excluding carboxylic acids is 1. The van der Waals surface area contributed by atoms with E-state index in [0.29, 0.717) is 11.6 Å². The maximum absolute atomic E-state index is 11.1. The summed E-state index contributed by atoms with van der Waals surface area (Å²) in [5.41, 5.74) is 0.954. The van der Waals surface area contributed by atoms with E-state index in [1.807, 2.05) is 25.1 Å². The van der Waals surface area contributed by atoms with Crippen molar-refractivity contribution in [2.24, 2.45) is 0 Å². The molecule has 0 spiro atoms. The molecule has 4 heteroatoms. The van der Waals surface area contributed by atoms with E-state index in [4.69, 9.17) is 16.3 Å². The molecule has 1 rings (SSSR count). The molecular formula is C11H14ClNO2. The predicted molar refractivity (Wildman–Crippen MR) is 60.0 cm³/mol. The molecule has 0 fully saturated rings. The van der Waals surface area contributed by atoms with Gasteiger partial charge in [-0.2, -0.15) is 0 Å². The summed E-state index contributed by atoms with van der Waals surface area (Å²) in [6.45, 7) is 4.01. The number of hydrogen-bond donors (Lipinski definition) is 1. The van der Waals surface area contributed by atoms with Crippen LogP contribution in [-0.2, 0) is 4.74 Å². The monoisotopic (exact) mass is 227 g/mol. The second-order valence-corrected chi connectivity index (χ2v) is 3.58. The van der Waals surface area contributed by atoms with E-state index >= 15 is 0 Å². The molecule has 0 saturated heterocycles. The normalized spacial score (nSPS) is 11.9. The van der Waals surface area contributed by atoms with Crippen molar-refractivity contribution in [2.45, 2.75) is 19.9 Å². The Morgan fingerprint density at radius 3 is 2.93 bits per heavy atom. The molecule has 0 radical (unpaired) electrons. The average Bonchev–Trinajstić information content (AvgIpc) is 2.18. The third kappa shape index (κ3) is 3.80. The highest BCUT2D eigenvalue weighted by Crippen LogP contribution is 2.17. The minimum absolute atomic E-state index is 0.109. The van der Waals surface area contributed by atoms with Crippen LogP contribution in [-0.4, -0.2) is 12.7 Å². The maximum Gasteiger partial charge on any atom is 0.407 e. The molecule has 0 aliphatic carbocycles. The Bertz CT molecular complexity index is 341. The van der Waals surface area contributed by atoms with E-state index in [9.17, 15) is 4.79 Å². The molecule has 0 aliphatic heterocycles. The van der Waals surface area contributed by atoms with Crippen molar-refractivity contribution in [3.8, 4) is 0 Å². The summed E-state index contributed by atoms with van der Waals surface area (Å²) < 4.78 is 4.78. The van der Waals surface area contributed by atoms with Gasteiger partial charge in [-0.25, -0.2) is 4.79 Å². The zero-order chi connectivity index (χ0) is 11.3. The van der Waals surface area contributed by atoms with Crippen LogP contribution in [0.4, 0.5) is 4.79 Å². The minimum Gasteiger partial charge on any atom is -0.450 e. The van der Waals surface area contributed by atoms with Gasteiger partial charge in [0.2, 0.25) is 0 Å². The lowest BCUT2D eigenvalue weighted by atomic mass is 10.1. The Hall–Kier alpha value is -1.22. The van der Waals surface area contributed by atoms with Gasteiger partial charge in [-0.15, -0.1) is 0 Å². The van der Waals surface area contributed by atoms with Crippen LogP contribution in [0.15, 0.2) is 24.3 Å². The van der Waals surface area contributed by atoms with E-state index in [2.05, 4.69) is 5.32 Å². The van der Waals surface area contributed by atoms with E-state index in [1.54, 1.807) is 13.0 Å². The first-order chi connectivity index (χ1) is 7.13. The highest BCUT2D eigenvalue weighted by molar-refractivity contribution is 6.30. The quantitative estimate of drug-likeness (QED) is 0.862. The summed E-state index contributed by atoms with van der Waals surface area (Å²) in [6.07, 6.45) is -0.412. The molecule has 1 aromatic carbocycles. The molecule has 1 amide bonds. The van der Waals surface area contributed by atoms with Crippen molar-refractivity contribution in [3.05, 3.63) is 34.9 Å². The molecule has 0 aliphatic rings. The number of rotatable bonds is 3. The largest absolute Gasteiger partial charge is 0.450 e. The molecule has 1 atom stereocenters. The molecule has 3 nitrogen and oxygen atoms in total. The molecule has 0 unspecified atom stereocenters. The van der Waals surface area contributed by atoms with Crippen LogP contribution in [0.25, 0.3) is 0 Å². The highest BCUT2D eigenvalue weighted by Gasteiger charge is 2.09. The first-order valence-electron chi connectivity index (χ1n) is 4.82. The Labute approximate surface area is 94.4 Å². The van der Waals surface area contributed by atoms with Gasteiger partial charge in [0.15, 0.2) is 0 Å². The summed E-state index contributed by atoms with van der Waals surface area (Å²) in [6, 6.07) is 7.26. The van der Waals surface area contributed by atoms with Crippen molar-refractivity contribution < 1.29 is 9.53 Å².